The van der Waals surface area contributed by atoms with Crippen molar-refractivity contribution in [2.75, 3.05) is 6.61 Å². The minimum absolute atomic E-state index is 0.0952. The average Bonchev–Trinajstić information content (AvgIpc) is 2.44. The van der Waals surface area contributed by atoms with Crippen LogP contribution >= 0.6 is 7.82 Å². The third-order valence-corrected chi connectivity index (χ3v) is 4.42. The van der Waals surface area contributed by atoms with Gasteiger partial charge in [0.1, 0.15) is 0 Å². The molecule has 0 heterocycles. The van der Waals surface area contributed by atoms with Crippen molar-refractivity contribution in [1.29, 1.82) is 0 Å². The fourth-order valence-electron chi connectivity index (χ4n) is 2.90. The van der Waals surface area contributed by atoms with Crippen molar-refractivity contribution in [3.63, 3.8) is 0 Å². The summed E-state index contributed by atoms with van der Waals surface area (Å²) in [5.41, 5.74) is 2.64. The average molecular weight is 298 g/mol. The van der Waals surface area contributed by atoms with Crippen molar-refractivity contribution < 1.29 is 18.9 Å². The fourth-order valence-corrected chi connectivity index (χ4v) is 3.27. The molecule has 1 fully saturated rings. The Morgan fingerprint density at radius 2 is 1.95 bits per heavy atom. The quantitative estimate of drug-likeness (QED) is 0.619. The van der Waals surface area contributed by atoms with Gasteiger partial charge in [-0.1, -0.05) is 43.5 Å². The Labute approximate surface area is 120 Å². The zero-order chi connectivity index (χ0) is 14.4. The molecule has 0 aromatic heterocycles. The van der Waals surface area contributed by atoms with Gasteiger partial charge >= 0.3 is 7.82 Å². The number of phosphoric acid groups is 1. The van der Waals surface area contributed by atoms with Crippen molar-refractivity contribution in [1.82, 2.24) is 0 Å². The topological polar surface area (TPSA) is 66.8 Å². The zero-order valence-corrected chi connectivity index (χ0v) is 12.6. The van der Waals surface area contributed by atoms with E-state index >= 15 is 0 Å². The van der Waals surface area contributed by atoms with Gasteiger partial charge < -0.3 is 9.79 Å². The van der Waals surface area contributed by atoms with Gasteiger partial charge in [-0.3, -0.25) is 4.52 Å². The molecule has 0 saturated heterocycles. The molecule has 1 aliphatic rings. The van der Waals surface area contributed by atoms with Crippen LogP contribution in [0.2, 0.25) is 0 Å². The third-order valence-electron chi connectivity index (χ3n) is 3.90. The first kappa shape index (κ1) is 15.7. The monoisotopic (exact) mass is 298 g/mol. The van der Waals surface area contributed by atoms with Crippen molar-refractivity contribution in [2.24, 2.45) is 0 Å². The molecule has 1 saturated carbocycles. The molecule has 5 heteroatoms. The molecule has 20 heavy (non-hydrogen) atoms. The summed E-state index contributed by atoms with van der Waals surface area (Å²) in [7, 11) is -4.32. The molecule has 0 radical (unpaired) electrons. The summed E-state index contributed by atoms with van der Waals surface area (Å²) in [4.78, 5) is 17.2. The summed E-state index contributed by atoms with van der Waals surface area (Å²) in [6.07, 6.45) is 7.99. The van der Waals surface area contributed by atoms with Crippen molar-refractivity contribution in [2.45, 2.75) is 50.9 Å². The largest absolute Gasteiger partial charge is 0.469 e. The Morgan fingerprint density at radius 3 is 2.65 bits per heavy atom. The predicted octanol–water partition coefficient (Wildman–Crippen LogP) is 3.78. The van der Waals surface area contributed by atoms with E-state index in [4.69, 9.17) is 9.79 Å². The van der Waals surface area contributed by atoms with Crippen LogP contribution in [0.25, 0.3) is 0 Å². The van der Waals surface area contributed by atoms with E-state index in [0.29, 0.717) is 12.3 Å². The molecule has 0 atom stereocenters. The lowest BCUT2D eigenvalue weighted by Gasteiger charge is -2.22. The van der Waals surface area contributed by atoms with Gasteiger partial charge in [0.15, 0.2) is 0 Å². The molecule has 0 amide bonds. The maximum absolute atomic E-state index is 10.6. The van der Waals surface area contributed by atoms with Crippen molar-refractivity contribution >= 4 is 7.82 Å². The molecule has 0 bridgehead atoms. The molecule has 1 aromatic rings. The number of hydrogen-bond donors (Lipinski definition) is 2. The molecule has 1 aliphatic carbocycles. The van der Waals surface area contributed by atoms with Crippen LogP contribution in [-0.4, -0.2) is 16.4 Å². The van der Waals surface area contributed by atoms with E-state index < -0.39 is 7.82 Å². The van der Waals surface area contributed by atoms with Gasteiger partial charge in [-0.25, -0.2) is 4.57 Å². The number of aryl methyl sites for hydroxylation is 1. The molecule has 0 spiro atoms. The minimum Gasteiger partial charge on any atom is -0.303 e. The first-order chi connectivity index (χ1) is 9.54. The Bertz CT molecular complexity index is 463. The smallest absolute Gasteiger partial charge is 0.303 e. The SMILES string of the molecule is O=P(O)(O)OCCCc1cccc(C2CCCCC2)c1. The number of rotatable bonds is 6. The van der Waals surface area contributed by atoms with Crippen LogP contribution in [0.1, 0.15) is 55.6 Å². The molecule has 2 N–H and O–H groups in total. The highest BCUT2D eigenvalue weighted by Crippen LogP contribution is 2.36. The number of hydrogen-bond acceptors (Lipinski definition) is 2. The van der Waals surface area contributed by atoms with Gasteiger partial charge in [0.2, 0.25) is 0 Å². The molecule has 0 aliphatic heterocycles. The Morgan fingerprint density at radius 1 is 1.20 bits per heavy atom. The first-order valence-corrected chi connectivity index (χ1v) is 8.86. The molecule has 0 unspecified atom stereocenters. The lowest BCUT2D eigenvalue weighted by molar-refractivity contribution is 0.195. The number of benzene rings is 1. The van der Waals surface area contributed by atoms with Crippen LogP contribution in [0.3, 0.4) is 0 Å². The molecule has 4 nitrogen and oxygen atoms in total. The van der Waals surface area contributed by atoms with E-state index in [1.807, 2.05) is 0 Å². The van der Waals surface area contributed by atoms with Crippen LogP contribution < -0.4 is 0 Å². The molecular weight excluding hydrogens is 275 g/mol. The van der Waals surface area contributed by atoms with Crippen LogP contribution in [0.15, 0.2) is 24.3 Å². The molecular formula is C15H23O4P. The third kappa shape index (κ3) is 5.37. The highest BCUT2D eigenvalue weighted by Gasteiger charge is 2.16. The van der Waals surface area contributed by atoms with Gasteiger partial charge in [0.25, 0.3) is 0 Å². The summed E-state index contributed by atoms with van der Waals surface area (Å²) in [5.74, 6) is 0.690. The van der Waals surface area contributed by atoms with Crippen molar-refractivity contribution in [3.8, 4) is 0 Å². The Hall–Kier alpha value is -0.670. The molecule has 2 rings (SSSR count). The second kappa shape index (κ2) is 7.37. The lowest BCUT2D eigenvalue weighted by Crippen LogP contribution is -2.05. The molecule has 112 valence electrons. The van der Waals surface area contributed by atoms with E-state index in [2.05, 4.69) is 28.8 Å². The first-order valence-electron chi connectivity index (χ1n) is 7.33. The van der Waals surface area contributed by atoms with E-state index in [1.165, 1.54) is 43.2 Å². The van der Waals surface area contributed by atoms with E-state index in [9.17, 15) is 4.57 Å². The Kier molecular flexibility index (Phi) is 5.79. The zero-order valence-electron chi connectivity index (χ0n) is 11.7. The number of phosphoric ester groups is 1. The standard InChI is InChI=1S/C15H23O4P/c16-20(17,18)19-11-5-7-13-6-4-10-15(12-13)14-8-2-1-3-9-14/h4,6,10,12,14H,1-3,5,7-9,11H2,(H2,16,17,18). The normalized spacial score (nSPS) is 17.3. The van der Waals surface area contributed by atoms with E-state index in [-0.39, 0.29) is 6.61 Å². The highest BCUT2D eigenvalue weighted by molar-refractivity contribution is 7.46. The minimum atomic E-state index is -4.32. The summed E-state index contributed by atoms with van der Waals surface area (Å²) < 4.78 is 15.0. The van der Waals surface area contributed by atoms with Crippen LogP contribution in [0.4, 0.5) is 0 Å². The lowest BCUT2D eigenvalue weighted by atomic mass is 9.83. The second-order valence-corrected chi connectivity index (χ2v) is 6.75. The van der Waals surface area contributed by atoms with Gasteiger partial charge in [-0.05, 0) is 42.7 Å². The van der Waals surface area contributed by atoms with E-state index in [1.54, 1.807) is 0 Å². The van der Waals surface area contributed by atoms with E-state index in [0.717, 1.165) is 6.42 Å². The van der Waals surface area contributed by atoms with Crippen LogP contribution in [-0.2, 0) is 15.5 Å². The van der Waals surface area contributed by atoms with Crippen LogP contribution in [0, 0.1) is 0 Å². The summed E-state index contributed by atoms with van der Waals surface area (Å²) in [6, 6.07) is 8.60. The summed E-state index contributed by atoms with van der Waals surface area (Å²) in [5, 5.41) is 0. The summed E-state index contributed by atoms with van der Waals surface area (Å²) in [6.45, 7) is 0.0952. The van der Waals surface area contributed by atoms with Gasteiger partial charge in [0.05, 0.1) is 6.61 Å². The Balaban J connectivity index is 1.84. The van der Waals surface area contributed by atoms with Crippen LogP contribution in [0.5, 0.6) is 0 Å². The van der Waals surface area contributed by atoms with Gasteiger partial charge in [-0.2, -0.15) is 0 Å². The van der Waals surface area contributed by atoms with Crippen molar-refractivity contribution in [3.05, 3.63) is 35.4 Å². The highest BCUT2D eigenvalue weighted by atomic mass is 31.2. The predicted molar refractivity (Wildman–Crippen MR) is 78.6 cm³/mol. The maximum Gasteiger partial charge on any atom is 0.469 e. The second-order valence-electron chi connectivity index (χ2n) is 5.51. The van der Waals surface area contributed by atoms with Gasteiger partial charge in [-0.15, -0.1) is 0 Å². The summed E-state index contributed by atoms with van der Waals surface area (Å²) >= 11 is 0. The maximum atomic E-state index is 10.6. The molecule has 1 aromatic carbocycles. The fraction of sp³-hybridized carbons (Fsp3) is 0.600. The van der Waals surface area contributed by atoms with Gasteiger partial charge in [0, 0.05) is 0 Å².